The molecule has 6 heteroatoms. The van der Waals surface area contributed by atoms with Gasteiger partial charge >= 0.3 is 5.97 Å². The molecule has 0 bridgehead atoms. The average molecular weight is 242 g/mol. The molecule has 1 saturated heterocycles. The molecule has 4 nitrogen and oxygen atoms in total. The number of aliphatic carboxylic acids is 1. The molecular weight excluding hydrogens is 230 g/mol. The first-order chi connectivity index (χ1) is 8.09. The second kappa shape index (κ2) is 4.77. The lowest BCUT2D eigenvalue weighted by Gasteiger charge is -2.31. The van der Waals surface area contributed by atoms with Gasteiger partial charge in [0.1, 0.15) is 17.7 Å². The number of benzene rings is 1. The Morgan fingerprint density at radius 2 is 2.00 bits per heavy atom. The highest BCUT2D eigenvalue weighted by atomic mass is 19.1. The van der Waals surface area contributed by atoms with Crippen LogP contribution in [-0.2, 0) is 4.79 Å². The van der Waals surface area contributed by atoms with Crippen LogP contribution in [0, 0.1) is 11.6 Å². The number of carboxylic acids is 1. The molecule has 1 fully saturated rings. The summed E-state index contributed by atoms with van der Waals surface area (Å²) in [5, 5.41) is 14.7. The smallest absolute Gasteiger partial charge is 0.322 e. The van der Waals surface area contributed by atoms with Gasteiger partial charge in [0.05, 0.1) is 6.04 Å². The third-order valence-corrected chi connectivity index (χ3v) is 2.75. The minimum absolute atomic E-state index is 0.0320. The molecule has 1 heterocycles. The highest BCUT2D eigenvalue weighted by Gasteiger charge is 2.33. The van der Waals surface area contributed by atoms with E-state index < -0.39 is 29.7 Å². The number of piperazine rings is 1. The fourth-order valence-corrected chi connectivity index (χ4v) is 1.96. The summed E-state index contributed by atoms with van der Waals surface area (Å²) in [7, 11) is 0. The van der Waals surface area contributed by atoms with E-state index >= 15 is 0 Å². The first-order valence-corrected chi connectivity index (χ1v) is 5.24. The highest BCUT2D eigenvalue weighted by Crippen LogP contribution is 2.23. The molecule has 0 saturated carbocycles. The number of rotatable bonds is 2. The summed E-state index contributed by atoms with van der Waals surface area (Å²) >= 11 is 0. The zero-order valence-corrected chi connectivity index (χ0v) is 8.91. The maximum Gasteiger partial charge on any atom is 0.322 e. The van der Waals surface area contributed by atoms with Gasteiger partial charge in [0.2, 0.25) is 0 Å². The molecule has 0 aromatic heterocycles. The molecule has 17 heavy (non-hydrogen) atoms. The standard InChI is InChI=1S/C11H12F2N2O2/c12-6-1-2-8(13)7(5-6)9-10(11(16)17)15-4-3-14-9/h1-2,5,9-10,14-15H,3-4H2,(H,16,17). The van der Waals surface area contributed by atoms with E-state index in [1.807, 2.05) is 0 Å². The van der Waals surface area contributed by atoms with E-state index in [0.29, 0.717) is 13.1 Å². The summed E-state index contributed by atoms with van der Waals surface area (Å²) in [6.45, 7) is 0.981. The van der Waals surface area contributed by atoms with Gasteiger partial charge in [-0.3, -0.25) is 4.79 Å². The Bertz CT molecular complexity index is 439. The van der Waals surface area contributed by atoms with Crippen molar-refractivity contribution in [1.29, 1.82) is 0 Å². The van der Waals surface area contributed by atoms with Crippen molar-refractivity contribution in [2.75, 3.05) is 13.1 Å². The van der Waals surface area contributed by atoms with Crippen LogP contribution in [0.15, 0.2) is 18.2 Å². The molecule has 1 aliphatic rings. The van der Waals surface area contributed by atoms with Gasteiger partial charge in [-0.25, -0.2) is 8.78 Å². The van der Waals surface area contributed by atoms with Crippen molar-refractivity contribution in [3.8, 4) is 0 Å². The monoisotopic (exact) mass is 242 g/mol. The molecule has 1 aromatic carbocycles. The lowest BCUT2D eigenvalue weighted by molar-refractivity contribution is -0.140. The molecule has 2 rings (SSSR count). The number of nitrogens with one attached hydrogen (secondary N) is 2. The van der Waals surface area contributed by atoms with Crippen molar-refractivity contribution in [2.24, 2.45) is 0 Å². The predicted octanol–water partition coefficient (Wildman–Crippen LogP) is 0.652. The van der Waals surface area contributed by atoms with Crippen LogP contribution in [0.1, 0.15) is 11.6 Å². The average Bonchev–Trinajstić information content (AvgIpc) is 2.32. The first-order valence-electron chi connectivity index (χ1n) is 5.24. The molecule has 0 spiro atoms. The van der Waals surface area contributed by atoms with E-state index in [1.54, 1.807) is 0 Å². The highest BCUT2D eigenvalue weighted by molar-refractivity contribution is 5.75. The first kappa shape index (κ1) is 11.9. The van der Waals surface area contributed by atoms with Gasteiger partial charge in [0.15, 0.2) is 0 Å². The van der Waals surface area contributed by atoms with E-state index in [0.717, 1.165) is 18.2 Å². The van der Waals surface area contributed by atoms with Crippen LogP contribution in [-0.4, -0.2) is 30.2 Å². The quantitative estimate of drug-likeness (QED) is 0.712. The Hall–Kier alpha value is -1.53. The Morgan fingerprint density at radius 3 is 2.71 bits per heavy atom. The van der Waals surface area contributed by atoms with Crippen LogP contribution in [0.2, 0.25) is 0 Å². The summed E-state index contributed by atoms with van der Waals surface area (Å²) in [4.78, 5) is 11.0. The van der Waals surface area contributed by atoms with Gasteiger partial charge in [-0.1, -0.05) is 0 Å². The fourth-order valence-electron chi connectivity index (χ4n) is 1.96. The van der Waals surface area contributed by atoms with Crippen molar-refractivity contribution in [3.63, 3.8) is 0 Å². The molecule has 92 valence electrons. The van der Waals surface area contributed by atoms with E-state index in [9.17, 15) is 13.6 Å². The molecule has 2 atom stereocenters. The Labute approximate surface area is 96.6 Å². The molecule has 0 amide bonds. The van der Waals surface area contributed by atoms with Crippen molar-refractivity contribution >= 4 is 5.97 Å². The van der Waals surface area contributed by atoms with Crippen LogP contribution in [0.3, 0.4) is 0 Å². The maximum absolute atomic E-state index is 13.6. The van der Waals surface area contributed by atoms with Crippen molar-refractivity contribution in [1.82, 2.24) is 10.6 Å². The lowest BCUT2D eigenvalue weighted by Crippen LogP contribution is -2.54. The Morgan fingerprint density at radius 1 is 1.29 bits per heavy atom. The van der Waals surface area contributed by atoms with E-state index in [-0.39, 0.29) is 5.56 Å². The number of carboxylic acid groups (broad SMARTS) is 1. The molecule has 2 unspecified atom stereocenters. The Kier molecular flexibility index (Phi) is 3.35. The molecule has 1 aromatic rings. The summed E-state index contributed by atoms with van der Waals surface area (Å²) < 4.78 is 26.6. The fraction of sp³-hybridized carbons (Fsp3) is 0.364. The van der Waals surface area contributed by atoms with E-state index in [2.05, 4.69) is 10.6 Å². The van der Waals surface area contributed by atoms with Gasteiger partial charge in [-0.05, 0) is 18.2 Å². The number of halogens is 2. The van der Waals surface area contributed by atoms with E-state index in [1.165, 1.54) is 0 Å². The number of carbonyl (C=O) groups is 1. The Balaban J connectivity index is 2.35. The molecule has 3 N–H and O–H groups in total. The van der Waals surface area contributed by atoms with Gasteiger partial charge in [0.25, 0.3) is 0 Å². The van der Waals surface area contributed by atoms with Crippen LogP contribution in [0.4, 0.5) is 8.78 Å². The summed E-state index contributed by atoms with van der Waals surface area (Å²) in [6.07, 6.45) is 0. The normalized spacial score (nSPS) is 24.6. The minimum atomic E-state index is -1.09. The topological polar surface area (TPSA) is 61.4 Å². The van der Waals surface area contributed by atoms with Gasteiger partial charge in [-0.15, -0.1) is 0 Å². The second-order valence-electron chi connectivity index (χ2n) is 3.87. The van der Waals surface area contributed by atoms with Crippen LogP contribution in [0.5, 0.6) is 0 Å². The van der Waals surface area contributed by atoms with Crippen molar-refractivity contribution in [2.45, 2.75) is 12.1 Å². The van der Waals surface area contributed by atoms with Crippen LogP contribution < -0.4 is 10.6 Å². The SMILES string of the molecule is O=C(O)C1NCCNC1c1cc(F)ccc1F. The zero-order chi connectivity index (χ0) is 12.4. The largest absolute Gasteiger partial charge is 0.480 e. The summed E-state index contributed by atoms with van der Waals surface area (Å²) in [5.74, 6) is -2.29. The van der Waals surface area contributed by atoms with Crippen LogP contribution >= 0.6 is 0 Å². The van der Waals surface area contributed by atoms with E-state index in [4.69, 9.17) is 5.11 Å². The molecule has 0 radical (unpaired) electrons. The summed E-state index contributed by atoms with van der Waals surface area (Å²) in [6, 6.07) is 1.30. The molecule has 0 aliphatic carbocycles. The maximum atomic E-state index is 13.6. The third-order valence-electron chi connectivity index (χ3n) is 2.75. The van der Waals surface area contributed by atoms with Gasteiger partial charge in [0, 0.05) is 18.7 Å². The number of hydrogen-bond acceptors (Lipinski definition) is 3. The van der Waals surface area contributed by atoms with Gasteiger partial charge in [-0.2, -0.15) is 0 Å². The van der Waals surface area contributed by atoms with Gasteiger partial charge < -0.3 is 15.7 Å². The van der Waals surface area contributed by atoms with Crippen LogP contribution in [0.25, 0.3) is 0 Å². The van der Waals surface area contributed by atoms with Crippen molar-refractivity contribution in [3.05, 3.63) is 35.4 Å². The minimum Gasteiger partial charge on any atom is -0.480 e. The molecular formula is C11H12F2N2O2. The third kappa shape index (κ3) is 2.42. The second-order valence-corrected chi connectivity index (χ2v) is 3.87. The summed E-state index contributed by atoms with van der Waals surface area (Å²) in [5.41, 5.74) is 0.0320. The van der Waals surface area contributed by atoms with Crippen molar-refractivity contribution < 1.29 is 18.7 Å². The predicted molar refractivity (Wildman–Crippen MR) is 56.5 cm³/mol. The number of hydrogen-bond donors (Lipinski definition) is 3. The zero-order valence-electron chi connectivity index (χ0n) is 8.91. The lowest BCUT2D eigenvalue weighted by atomic mass is 9.97. The molecule has 1 aliphatic heterocycles.